The van der Waals surface area contributed by atoms with Crippen molar-refractivity contribution < 1.29 is 0 Å². The van der Waals surface area contributed by atoms with E-state index in [1.165, 1.54) is 5.69 Å². The van der Waals surface area contributed by atoms with Gasteiger partial charge in [-0.2, -0.15) is 5.26 Å². The summed E-state index contributed by atoms with van der Waals surface area (Å²) in [5.41, 5.74) is 3.28. The first-order valence-corrected chi connectivity index (χ1v) is 7.70. The first kappa shape index (κ1) is 15.3. The molecule has 2 aromatic rings. The zero-order valence-corrected chi connectivity index (χ0v) is 13.5. The molecule has 23 heavy (non-hydrogen) atoms. The lowest BCUT2D eigenvalue weighted by molar-refractivity contribution is 0.313. The summed E-state index contributed by atoms with van der Waals surface area (Å²) in [4.78, 5) is 13.2. The molecule has 1 aromatic heterocycles. The first-order chi connectivity index (χ1) is 11.1. The molecule has 0 unspecified atom stereocenters. The van der Waals surface area contributed by atoms with Gasteiger partial charge in [0.2, 0.25) is 5.95 Å². The average molecular weight is 308 g/mol. The smallest absolute Gasteiger partial charge is 0.228 e. The Hall–Kier alpha value is -2.65. The quantitative estimate of drug-likeness (QED) is 0.937. The summed E-state index contributed by atoms with van der Waals surface area (Å²) in [5, 5.41) is 12.1. The van der Waals surface area contributed by atoms with Crippen LogP contribution in [-0.2, 0) is 0 Å². The van der Waals surface area contributed by atoms with Crippen LogP contribution in [-0.4, -0.2) is 48.1 Å². The number of hydrogen-bond acceptors (Lipinski definition) is 6. The van der Waals surface area contributed by atoms with Gasteiger partial charge in [0.1, 0.15) is 11.8 Å². The Morgan fingerprint density at radius 2 is 1.78 bits per heavy atom. The van der Waals surface area contributed by atoms with Crippen molar-refractivity contribution in [2.45, 2.75) is 6.92 Å². The molecule has 1 aromatic carbocycles. The minimum atomic E-state index is 0.369. The second-order valence-corrected chi connectivity index (χ2v) is 5.79. The molecule has 0 saturated carbocycles. The van der Waals surface area contributed by atoms with Crippen molar-refractivity contribution in [1.82, 2.24) is 14.9 Å². The molecular formula is C17H20N6. The highest BCUT2D eigenvalue weighted by Crippen LogP contribution is 2.21. The monoisotopic (exact) mass is 308 g/mol. The van der Waals surface area contributed by atoms with Gasteiger partial charge in [0.15, 0.2) is 0 Å². The molecular weight excluding hydrogens is 288 g/mol. The first-order valence-electron chi connectivity index (χ1n) is 7.70. The lowest BCUT2D eigenvalue weighted by atomic mass is 10.2. The lowest BCUT2D eigenvalue weighted by Gasteiger charge is -2.34. The summed E-state index contributed by atoms with van der Waals surface area (Å²) in [6.45, 7) is 6.14. The zero-order valence-electron chi connectivity index (χ0n) is 13.5. The Labute approximate surface area is 136 Å². The van der Waals surface area contributed by atoms with Gasteiger partial charge in [0, 0.05) is 43.2 Å². The van der Waals surface area contributed by atoms with Gasteiger partial charge in [-0.15, -0.1) is 0 Å². The maximum Gasteiger partial charge on any atom is 0.228 e. The maximum absolute atomic E-state index is 8.97. The van der Waals surface area contributed by atoms with Gasteiger partial charge in [-0.1, -0.05) is 0 Å². The van der Waals surface area contributed by atoms with Crippen LogP contribution >= 0.6 is 0 Å². The number of aryl methyl sites for hydroxylation is 1. The van der Waals surface area contributed by atoms with Crippen molar-refractivity contribution in [3.63, 3.8) is 0 Å². The standard InChI is InChI=1S/C17H20N6/c1-13-11-15(12-18)21-17(19-13)20-14-3-5-16(6-4-14)23-9-7-22(2)8-10-23/h3-6,11H,7-10H2,1-2H3,(H,19,20,21). The number of piperazine rings is 1. The number of nitrogens with one attached hydrogen (secondary N) is 1. The van der Waals surface area contributed by atoms with E-state index in [1.54, 1.807) is 6.07 Å². The molecule has 3 rings (SSSR count). The topological polar surface area (TPSA) is 68.1 Å². The van der Waals surface area contributed by atoms with Crippen molar-refractivity contribution in [2.75, 3.05) is 43.4 Å². The average Bonchev–Trinajstić information content (AvgIpc) is 2.56. The fraction of sp³-hybridized carbons (Fsp3) is 0.353. The summed E-state index contributed by atoms with van der Waals surface area (Å²) in [6, 6.07) is 12.0. The Kier molecular flexibility index (Phi) is 4.40. The summed E-state index contributed by atoms with van der Waals surface area (Å²) in [5.74, 6) is 0.453. The molecule has 0 aliphatic carbocycles. The third-order valence-corrected chi connectivity index (χ3v) is 3.96. The molecule has 0 bridgehead atoms. The third kappa shape index (κ3) is 3.76. The van der Waals surface area contributed by atoms with Gasteiger partial charge in [0.05, 0.1) is 0 Å². The van der Waals surface area contributed by atoms with Crippen LogP contribution in [0.5, 0.6) is 0 Å². The third-order valence-electron chi connectivity index (χ3n) is 3.96. The normalized spacial score (nSPS) is 15.3. The molecule has 1 aliphatic rings. The van der Waals surface area contributed by atoms with E-state index in [1.807, 2.05) is 25.1 Å². The van der Waals surface area contributed by atoms with Gasteiger partial charge < -0.3 is 15.1 Å². The minimum Gasteiger partial charge on any atom is -0.369 e. The van der Waals surface area contributed by atoms with E-state index in [0.717, 1.165) is 37.6 Å². The summed E-state index contributed by atoms with van der Waals surface area (Å²) in [7, 11) is 2.15. The number of likely N-dealkylation sites (N-methyl/N-ethyl adjacent to an activating group) is 1. The number of aromatic nitrogens is 2. The molecule has 1 aliphatic heterocycles. The van der Waals surface area contributed by atoms with Gasteiger partial charge in [-0.05, 0) is 44.3 Å². The van der Waals surface area contributed by atoms with Crippen LogP contribution in [0.25, 0.3) is 0 Å². The van der Waals surface area contributed by atoms with Crippen LogP contribution in [0.1, 0.15) is 11.4 Å². The molecule has 0 atom stereocenters. The molecule has 0 radical (unpaired) electrons. The van der Waals surface area contributed by atoms with E-state index in [-0.39, 0.29) is 0 Å². The SMILES string of the molecule is Cc1cc(C#N)nc(Nc2ccc(N3CCN(C)CC3)cc2)n1. The van der Waals surface area contributed by atoms with E-state index in [0.29, 0.717) is 11.6 Å². The van der Waals surface area contributed by atoms with Crippen LogP contribution in [0.15, 0.2) is 30.3 Å². The largest absolute Gasteiger partial charge is 0.369 e. The van der Waals surface area contributed by atoms with Gasteiger partial charge >= 0.3 is 0 Å². The summed E-state index contributed by atoms with van der Waals surface area (Å²) < 4.78 is 0. The molecule has 1 fully saturated rings. The fourth-order valence-electron chi connectivity index (χ4n) is 2.63. The van der Waals surface area contributed by atoms with E-state index in [9.17, 15) is 0 Å². The molecule has 1 N–H and O–H groups in total. The molecule has 0 spiro atoms. The van der Waals surface area contributed by atoms with Crippen molar-refractivity contribution in [3.8, 4) is 6.07 Å². The molecule has 6 nitrogen and oxygen atoms in total. The van der Waals surface area contributed by atoms with Crippen LogP contribution in [0.3, 0.4) is 0 Å². The summed E-state index contributed by atoms with van der Waals surface area (Å²) in [6.07, 6.45) is 0. The lowest BCUT2D eigenvalue weighted by Crippen LogP contribution is -2.44. The van der Waals surface area contributed by atoms with E-state index < -0.39 is 0 Å². The maximum atomic E-state index is 8.97. The Bertz CT molecular complexity index is 711. The highest BCUT2D eigenvalue weighted by Gasteiger charge is 2.14. The second kappa shape index (κ2) is 6.63. The van der Waals surface area contributed by atoms with Gasteiger partial charge in [-0.3, -0.25) is 0 Å². The van der Waals surface area contributed by atoms with Crippen LogP contribution in [0, 0.1) is 18.3 Å². The van der Waals surface area contributed by atoms with E-state index in [4.69, 9.17) is 5.26 Å². The fourth-order valence-corrected chi connectivity index (χ4v) is 2.63. The minimum absolute atomic E-state index is 0.369. The molecule has 118 valence electrons. The van der Waals surface area contributed by atoms with Gasteiger partial charge in [0.25, 0.3) is 0 Å². The second-order valence-electron chi connectivity index (χ2n) is 5.79. The van der Waals surface area contributed by atoms with E-state index in [2.05, 4.69) is 44.3 Å². The number of hydrogen-bond donors (Lipinski definition) is 1. The Morgan fingerprint density at radius 3 is 2.43 bits per heavy atom. The molecule has 2 heterocycles. The number of benzene rings is 1. The van der Waals surface area contributed by atoms with Crippen molar-refractivity contribution in [2.24, 2.45) is 0 Å². The molecule has 1 saturated heterocycles. The van der Waals surface area contributed by atoms with Crippen LogP contribution in [0.4, 0.5) is 17.3 Å². The number of nitriles is 1. The van der Waals surface area contributed by atoms with Crippen molar-refractivity contribution in [1.29, 1.82) is 5.26 Å². The highest BCUT2D eigenvalue weighted by molar-refractivity contribution is 5.59. The van der Waals surface area contributed by atoms with E-state index >= 15 is 0 Å². The van der Waals surface area contributed by atoms with Crippen LogP contribution in [0.2, 0.25) is 0 Å². The Morgan fingerprint density at radius 1 is 1.09 bits per heavy atom. The molecule has 6 heteroatoms. The summed E-state index contributed by atoms with van der Waals surface area (Å²) >= 11 is 0. The predicted molar refractivity (Wildman–Crippen MR) is 90.9 cm³/mol. The zero-order chi connectivity index (χ0) is 16.2. The number of nitrogens with zero attached hydrogens (tertiary/aromatic N) is 5. The highest BCUT2D eigenvalue weighted by atomic mass is 15.2. The Balaban J connectivity index is 1.70. The number of rotatable bonds is 3. The van der Waals surface area contributed by atoms with Crippen molar-refractivity contribution >= 4 is 17.3 Å². The predicted octanol–water partition coefficient (Wildman–Crippen LogP) is 2.15. The van der Waals surface area contributed by atoms with Crippen LogP contribution < -0.4 is 10.2 Å². The number of anilines is 3. The van der Waals surface area contributed by atoms with Gasteiger partial charge in [-0.25, -0.2) is 9.97 Å². The van der Waals surface area contributed by atoms with Crippen molar-refractivity contribution in [3.05, 3.63) is 41.7 Å². The molecule has 0 amide bonds.